The Bertz CT molecular complexity index is 664. The second-order valence-corrected chi connectivity index (χ2v) is 7.90. The summed E-state index contributed by atoms with van der Waals surface area (Å²) in [6.07, 6.45) is 5.38. The first kappa shape index (κ1) is 24.0. The summed E-state index contributed by atoms with van der Waals surface area (Å²) in [4.78, 5) is 0. The van der Waals surface area contributed by atoms with E-state index in [1.165, 1.54) is 0 Å². The van der Waals surface area contributed by atoms with Crippen LogP contribution in [0, 0.1) is 10.7 Å². The molecule has 0 aliphatic carbocycles. The van der Waals surface area contributed by atoms with Crippen LogP contribution in [0.3, 0.4) is 0 Å². The molecule has 5 nitrogen and oxygen atoms in total. The van der Waals surface area contributed by atoms with Crippen molar-refractivity contribution in [1.82, 2.24) is 19.5 Å². The molecule has 0 saturated heterocycles. The van der Waals surface area contributed by atoms with E-state index in [4.69, 9.17) is 23.8 Å². The summed E-state index contributed by atoms with van der Waals surface area (Å²) in [5, 5.41) is 7.57. The fourth-order valence-corrected chi connectivity index (χ4v) is 3.39. The highest BCUT2D eigenvalue weighted by Crippen LogP contribution is 2.21. The molecule has 0 amide bonds. The fraction of sp³-hybridized carbons (Fsp3) is 0.529. The molecule has 0 aromatic carbocycles. The first-order valence-electron chi connectivity index (χ1n) is 8.13. The minimum atomic E-state index is -1.26. The van der Waals surface area contributed by atoms with Crippen molar-refractivity contribution in [1.29, 1.82) is 0 Å². The molecule has 1 heterocycles. The van der Waals surface area contributed by atoms with Gasteiger partial charge in [0, 0.05) is 11.6 Å². The number of rotatable bonds is 8. The van der Waals surface area contributed by atoms with Crippen molar-refractivity contribution < 1.29 is 4.21 Å². The molecule has 3 unspecified atom stereocenters. The average Bonchev–Trinajstić information content (AvgIpc) is 2.98. The molecule has 2 N–H and O–H groups in total. The quantitative estimate of drug-likeness (QED) is 0.371. The van der Waals surface area contributed by atoms with Gasteiger partial charge in [-0.3, -0.25) is 5.10 Å². The molecule has 0 aliphatic rings. The average molecular weight is 405 g/mol. The van der Waals surface area contributed by atoms with Crippen molar-refractivity contribution in [3.8, 4) is 0 Å². The van der Waals surface area contributed by atoms with Crippen molar-refractivity contribution in [3.63, 3.8) is 0 Å². The first-order valence-corrected chi connectivity index (χ1v) is 10.1. The number of allylic oxidation sites excluding steroid dienone is 3. The number of nitrogens with zero attached hydrogens (tertiary/aromatic N) is 2. The maximum atomic E-state index is 12.6. The fourth-order valence-electron chi connectivity index (χ4n) is 1.99. The van der Waals surface area contributed by atoms with Crippen LogP contribution >= 0.6 is 23.8 Å². The number of aromatic nitrogens is 3. The van der Waals surface area contributed by atoms with E-state index in [0.717, 1.165) is 5.82 Å². The number of H-pyrrole nitrogens is 1. The third kappa shape index (κ3) is 7.40. The summed E-state index contributed by atoms with van der Waals surface area (Å²) in [6, 6.07) is -0.156. The predicted molar refractivity (Wildman–Crippen MR) is 111 cm³/mol. The third-order valence-electron chi connectivity index (χ3n) is 3.43. The van der Waals surface area contributed by atoms with Crippen LogP contribution in [-0.2, 0) is 17.5 Å². The Morgan fingerprint density at radius 3 is 2.56 bits per heavy atom. The lowest BCUT2D eigenvalue weighted by molar-refractivity contribution is 0.437. The predicted octanol–water partition coefficient (Wildman–Crippen LogP) is 4.80. The highest BCUT2D eigenvalue weighted by molar-refractivity contribution is 7.83. The molecule has 0 aliphatic heterocycles. The van der Waals surface area contributed by atoms with Gasteiger partial charge in [-0.15, -0.1) is 13.2 Å². The van der Waals surface area contributed by atoms with Crippen LogP contribution in [0.15, 0.2) is 36.4 Å². The molecular weight excluding hydrogens is 376 g/mol. The van der Waals surface area contributed by atoms with E-state index in [1.54, 1.807) is 12.2 Å². The zero-order valence-electron chi connectivity index (χ0n) is 15.6. The molecule has 1 aromatic heterocycles. The molecule has 0 spiro atoms. The normalized spacial score (nSPS) is 15.7. The zero-order chi connectivity index (χ0) is 19.6. The van der Waals surface area contributed by atoms with Gasteiger partial charge in [-0.1, -0.05) is 37.6 Å². The van der Waals surface area contributed by atoms with Gasteiger partial charge in [-0.25, -0.2) is 8.93 Å². The van der Waals surface area contributed by atoms with E-state index < -0.39 is 11.0 Å². The third-order valence-corrected chi connectivity index (χ3v) is 5.41. The Morgan fingerprint density at radius 2 is 2.08 bits per heavy atom. The van der Waals surface area contributed by atoms with Crippen LogP contribution in [0.1, 0.15) is 46.5 Å². The molecular formula is C17H29ClN4OS2. The Hall–Kier alpha value is -1.02. The molecule has 142 valence electrons. The van der Waals surface area contributed by atoms with Gasteiger partial charge in [0.2, 0.25) is 0 Å². The van der Waals surface area contributed by atoms with Gasteiger partial charge in [0.05, 0.1) is 22.3 Å². The van der Waals surface area contributed by atoms with Gasteiger partial charge in [0.1, 0.15) is 5.82 Å². The molecule has 3 atom stereocenters. The Balaban J connectivity index is 0.00000277. The molecule has 1 aromatic rings. The van der Waals surface area contributed by atoms with Crippen molar-refractivity contribution in [2.45, 2.75) is 52.5 Å². The summed E-state index contributed by atoms with van der Waals surface area (Å²) in [5.74, 6) is 0.994. The Kier molecular flexibility index (Phi) is 11.8. The second-order valence-electron chi connectivity index (χ2n) is 5.51. The minimum Gasteiger partial charge on any atom is -0.303 e. The SMILES string of the molecule is C/C=C(Cl)\C=C/C(C)S(=O)NC(c1n[nH]c(=S)n1CC)C(C)C.C=C. The van der Waals surface area contributed by atoms with Gasteiger partial charge in [0.25, 0.3) is 0 Å². The maximum Gasteiger partial charge on any atom is 0.195 e. The van der Waals surface area contributed by atoms with Crippen molar-refractivity contribution >= 4 is 34.8 Å². The monoisotopic (exact) mass is 404 g/mol. The van der Waals surface area contributed by atoms with Crippen molar-refractivity contribution in [3.05, 3.63) is 47.0 Å². The van der Waals surface area contributed by atoms with E-state index >= 15 is 0 Å². The van der Waals surface area contributed by atoms with Gasteiger partial charge in [-0.2, -0.15) is 5.10 Å². The largest absolute Gasteiger partial charge is 0.303 e. The molecule has 0 radical (unpaired) electrons. The van der Waals surface area contributed by atoms with Crippen LogP contribution in [0.5, 0.6) is 0 Å². The topological polar surface area (TPSA) is 62.7 Å². The van der Waals surface area contributed by atoms with E-state index in [1.807, 2.05) is 31.4 Å². The maximum absolute atomic E-state index is 12.6. The Labute approximate surface area is 163 Å². The minimum absolute atomic E-state index is 0.156. The second kappa shape index (κ2) is 12.4. The zero-order valence-corrected chi connectivity index (χ0v) is 18.0. The summed E-state index contributed by atoms with van der Waals surface area (Å²) in [5.41, 5.74) is 0. The number of nitrogens with one attached hydrogen (secondary N) is 2. The summed E-state index contributed by atoms with van der Waals surface area (Å²) >= 11 is 11.2. The smallest absolute Gasteiger partial charge is 0.195 e. The lowest BCUT2D eigenvalue weighted by Gasteiger charge is -2.22. The number of hydrogen-bond acceptors (Lipinski definition) is 3. The number of aromatic amines is 1. The molecule has 0 fully saturated rings. The van der Waals surface area contributed by atoms with Crippen LogP contribution < -0.4 is 4.72 Å². The summed E-state index contributed by atoms with van der Waals surface area (Å²) in [7, 11) is -1.26. The van der Waals surface area contributed by atoms with Crippen LogP contribution in [0.4, 0.5) is 0 Å². The van der Waals surface area contributed by atoms with Gasteiger partial charge >= 0.3 is 0 Å². The van der Waals surface area contributed by atoms with Crippen molar-refractivity contribution in [2.24, 2.45) is 5.92 Å². The molecule has 25 heavy (non-hydrogen) atoms. The van der Waals surface area contributed by atoms with Gasteiger partial charge < -0.3 is 4.57 Å². The van der Waals surface area contributed by atoms with E-state index in [-0.39, 0.29) is 17.2 Å². The molecule has 0 bridgehead atoms. The lowest BCUT2D eigenvalue weighted by atomic mass is 10.1. The van der Waals surface area contributed by atoms with E-state index in [2.05, 4.69) is 41.9 Å². The summed E-state index contributed by atoms with van der Waals surface area (Å²) < 4.78 is 18.2. The molecule has 1 rings (SSSR count). The lowest BCUT2D eigenvalue weighted by Crippen LogP contribution is -2.34. The van der Waals surface area contributed by atoms with E-state index in [9.17, 15) is 4.21 Å². The first-order chi connectivity index (χ1) is 11.8. The molecule has 0 saturated carbocycles. The molecule has 8 heteroatoms. The van der Waals surface area contributed by atoms with Crippen LogP contribution in [0.25, 0.3) is 0 Å². The number of halogens is 1. The van der Waals surface area contributed by atoms with Gasteiger partial charge in [0.15, 0.2) is 4.77 Å². The van der Waals surface area contributed by atoms with Crippen LogP contribution in [-0.4, -0.2) is 24.2 Å². The number of hydrogen-bond donors (Lipinski definition) is 2. The summed E-state index contributed by atoms with van der Waals surface area (Å²) in [6.45, 7) is 16.6. The standard InChI is InChI=1S/C15H25ClN4OS2.C2H4/c1-6-12(16)9-8-11(5)23(21)19-13(10(3)4)14-17-18-15(22)20(14)7-2;1-2/h6,8-11,13,19H,7H2,1-5H3,(H,18,22);1-2H2/b9-8-,12-6+;. The highest BCUT2D eigenvalue weighted by Gasteiger charge is 2.24. The van der Waals surface area contributed by atoms with Crippen LogP contribution in [0.2, 0.25) is 0 Å². The Morgan fingerprint density at radius 1 is 1.48 bits per heavy atom. The van der Waals surface area contributed by atoms with E-state index in [0.29, 0.717) is 16.3 Å². The van der Waals surface area contributed by atoms with Crippen molar-refractivity contribution in [2.75, 3.05) is 0 Å². The highest BCUT2D eigenvalue weighted by atomic mass is 35.5. The van der Waals surface area contributed by atoms with Gasteiger partial charge in [-0.05, 0) is 45.0 Å².